The summed E-state index contributed by atoms with van der Waals surface area (Å²) < 4.78 is 39.0. The van der Waals surface area contributed by atoms with Crippen molar-refractivity contribution < 1.29 is 18.0 Å². The van der Waals surface area contributed by atoms with E-state index in [-0.39, 0.29) is 11.5 Å². The van der Waals surface area contributed by atoms with Crippen LogP contribution in [0.25, 0.3) is 0 Å². The predicted molar refractivity (Wildman–Crippen MR) is 75.8 cm³/mol. The normalized spacial score (nSPS) is 14.6. The molecule has 0 saturated heterocycles. The highest BCUT2D eigenvalue weighted by atomic mass is 19.4. The van der Waals surface area contributed by atoms with Crippen LogP contribution in [0.3, 0.4) is 0 Å². The number of halogens is 3. The topological polar surface area (TPSA) is 32.3 Å². The molecule has 118 valence electrons. The summed E-state index contributed by atoms with van der Waals surface area (Å²) in [7, 11) is 1.66. The van der Waals surface area contributed by atoms with Crippen molar-refractivity contribution in [3.63, 3.8) is 0 Å². The fraction of sp³-hybridized carbons (Fsp3) is 0.533. The van der Waals surface area contributed by atoms with Gasteiger partial charge >= 0.3 is 6.18 Å². The SMILES string of the molecule is CCN(C)C(=O)C(C)NC(C)c1ccccc1C(F)(F)F. The minimum atomic E-state index is -4.40. The van der Waals surface area contributed by atoms with E-state index < -0.39 is 23.8 Å². The molecule has 6 heteroatoms. The fourth-order valence-corrected chi connectivity index (χ4v) is 2.16. The molecule has 21 heavy (non-hydrogen) atoms. The zero-order chi connectivity index (χ0) is 16.2. The highest BCUT2D eigenvalue weighted by Gasteiger charge is 2.34. The van der Waals surface area contributed by atoms with E-state index in [4.69, 9.17) is 0 Å². The molecule has 2 unspecified atom stereocenters. The minimum absolute atomic E-state index is 0.142. The highest BCUT2D eigenvalue weighted by molar-refractivity contribution is 5.81. The van der Waals surface area contributed by atoms with Crippen molar-refractivity contribution in [3.05, 3.63) is 35.4 Å². The van der Waals surface area contributed by atoms with Crippen LogP contribution < -0.4 is 5.32 Å². The Bertz CT molecular complexity index is 488. The van der Waals surface area contributed by atoms with E-state index in [0.29, 0.717) is 6.54 Å². The lowest BCUT2D eigenvalue weighted by atomic mass is 10.0. The Hall–Kier alpha value is -1.56. The lowest BCUT2D eigenvalue weighted by Gasteiger charge is -2.25. The Morgan fingerprint density at radius 1 is 1.29 bits per heavy atom. The van der Waals surface area contributed by atoms with E-state index in [2.05, 4.69) is 5.32 Å². The van der Waals surface area contributed by atoms with Crippen LogP contribution in [0.2, 0.25) is 0 Å². The summed E-state index contributed by atoms with van der Waals surface area (Å²) in [6, 6.07) is 4.28. The number of hydrogen-bond acceptors (Lipinski definition) is 2. The second-order valence-corrected chi connectivity index (χ2v) is 5.05. The van der Waals surface area contributed by atoms with Gasteiger partial charge in [0.25, 0.3) is 0 Å². The first-order valence-corrected chi connectivity index (χ1v) is 6.85. The van der Waals surface area contributed by atoms with Crippen LogP contribution in [0.5, 0.6) is 0 Å². The molecule has 0 aromatic heterocycles. The number of carbonyl (C=O) groups is 1. The van der Waals surface area contributed by atoms with E-state index in [0.717, 1.165) is 6.07 Å². The van der Waals surface area contributed by atoms with Crippen LogP contribution in [0, 0.1) is 0 Å². The monoisotopic (exact) mass is 302 g/mol. The molecule has 0 aliphatic carbocycles. The molecule has 0 radical (unpaired) electrons. The molecule has 1 aromatic rings. The third-order valence-corrected chi connectivity index (χ3v) is 3.45. The Morgan fingerprint density at radius 2 is 1.86 bits per heavy atom. The number of carbonyl (C=O) groups excluding carboxylic acids is 1. The number of nitrogens with one attached hydrogen (secondary N) is 1. The van der Waals surface area contributed by atoms with E-state index >= 15 is 0 Å². The van der Waals surface area contributed by atoms with Gasteiger partial charge in [0.15, 0.2) is 0 Å². The average molecular weight is 302 g/mol. The number of alkyl halides is 3. The summed E-state index contributed by atoms with van der Waals surface area (Å²) in [6.45, 7) is 5.67. The van der Waals surface area contributed by atoms with Gasteiger partial charge in [-0.2, -0.15) is 13.2 Å². The van der Waals surface area contributed by atoms with E-state index in [9.17, 15) is 18.0 Å². The van der Waals surface area contributed by atoms with Crippen LogP contribution >= 0.6 is 0 Å². The third-order valence-electron chi connectivity index (χ3n) is 3.45. The largest absolute Gasteiger partial charge is 0.416 e. The molecule has 1 aromatic carbocycles. The van der Waals surface area contributed by atoms with Gasteiger partial charge in [-0.25, -0.2) is 0 Å². The summed E-state index contributed by atoms with van der Waals surface area (Å²) in [6.07, 6.45) is -4.40. The number of likely N-dealkylation sites (N-methyl/N-ethyl adjacent to an activating group) is 1. The molecular formula is C15H21F3N2O. The van der Waals surface area contributed by atoms with E-state index in [1.807, 2.05) is 6.92 Å². The Balaban J connectivity index is 2.90. The van der Waals surface area contributed by atoms with Gasteiger partial charge in [-0.05, 0) is 32.4 Å². The first-order valence-electron chi connectivity index (χ1n) is 6.85. The second kappa shape index (κ2) is 6.93. The molecule has 2 atom stereocenters. The van der Waals surface area contributed by atoms with Gasteiger partial charge in [0, 0.05) is 19.6 Å². The molecule has 0 bridgehead atoms. The summed E-state index contributed by atoms with van der Waals surface area (Å²) in [5.41, 5.74) is -0.530. The van der Waals surface area contributed by atoms with Gasteiger partial charge in [-0.1, -0.05) is 18.2 Å². The lowest BCUT2D eigenvalue weighted by molar-refractivity contribution is -0.138. The molecular weight excluding hydrogens is 281 g/mol. The summed E-state index contributed by atoms with van der Waals surface area (Å²) in [5, 5.41) is 2.93. The molecule has 0 aliphatic heterocycles. The maximum atomic E-state index is 13.0. The molecule has 1 N–H and O–H groups in total. The number of hydrogen-bond donors (Lipinski definition) is 1. The van der Waals surface area contributed by atoms with Crippen LogP contribution in [-0.4, -0.2) is 30.4 Å². The average Bonchev–Trinajstić information content (AvgIpc) is 2.44. The van der Waals surface area contributed by atoms with Crippen molar-refractivity contribution in [2.24, 2.45) is 0 Å². The molecule has 0 spiro atoms. The van der Waals surface area contributed by atoms with Crippen molar-refractivity contribution >= 4 is 5.91 Å². The molecule has 0 aliphatic rings. The van der Waals surface area contributed by atoms with Gasteiger partial charge < -0.3 is 4.90 Å². The van der Waals surface area contributed by atoms with Crippen molar-refractivity contribution in [2.75, 3.05) is 13.6 Å². The van der Waals surface area contributed by atoms with Gasteiger partial charge in [0.2, 0.25) is 5.91 Å². The predicted octanol–water partition coefficient (Wildman–Crippen LogP) is 3.22. The molecule has 0 saturated carbocycles. The molecule has 3 nitrogen and oxygen atoms in total. The Morgan fingerprint density at radius 3 is 2.38 bits per heavy atom. The van der Waals surface area contributed by atoms with Crippen molar-refractivity contribution in [2.45, 2.75) is 39.0 Å². The van der Waals surface area contributed by atoms with Gasteiger partial charge in [0.05, 0.1) is 11.6 Å². The molecule has 1 amide bonds. The van der Waals surface area contributed by atoms with E-state index in [1.54, 1.807) is 27.0 Å². The molecule has 1 rings (SSSR count). The Kier molecular flexibility index (Phi) is 5.78. The smallest absolute Gasteiger partial charge is 0.345 e. The van der Waals surface area contributed by atoms with Crippen LogP contribution in [0.15, 0.2) is 24.3 Å². The van der Waals surface area contributed by atoms with Crippen molar-refractivity contribution in [3.8, 4) is 0 Å². The van der Waals surface area contributed by atoms with Crippen molar-refractivity contribution in [1.82, 2.24) is 10.2 Å². The second-order valence-electron chi connectivity index (χ2n) is 5.05. The van der Waals surface area contributed by atoms with Crippen LogP contribution in [-0.2, 0) is 11.0 Å². The highest BCUT2D eigenvalue weighted by Crippen LogP contribution is 2.34. The quantitative estimate of drug-likeness (QED) is 0.905. The fourth-order valence-electron chi connectivity index (χ4n) is 2.16. The van der Waals surface area contributed by atoms with Crippen LogP contribution in [0.4, 0.5) is 13.2 Å². The van der Waals surface area contributed by atoms with Gasteiger partial charge in [0.1, 0.15) is 0 Å². The van der Waals surface area contributed by atoms with E-state index in [1.165, 1.54) is 17.0 Å². The maximum Gasteiger partial charge on any atom is 0.416 e. The molecule has 0 heterocycles. The zero-order valence-corrected chi connectivity index (χ0v) is 12.7. The first kappa shape index (κ1) is 17.5. The standard InChI is InChI=1S/C15H21F3N2O/c1-5-20(4)14(21)11(3)19-10(2)12-8-6-7-9-13(12)15(16,17)18/h6-11,19H,5H2,1-4H3. The van der Waals surface area contributed by atoms with Gasteiger partial charge in [-0.3, -0.25) is 10.1 Å². The first-order chi connectivity index (χ1) is 9.68. The Labute approximate surface area is 123 Å². The van der Waals surface area contributed by atoms with Gasteiger partial charge in [-0.15, -0.1) is 0 Å². The summed E-state index contributed by atoms with van der Waals surface area (Å²) >= 11 is 0. The zero-order valence-electron chi connectivity index (χ0n) is 12.7. The summed E-state index contributed by atoms with van der Waals surface area (Å²) in [4.78, 5) is 13.5. The number of rotatable bonds is 5. The number of benzene rings is 1. The summed E-state index contributed by atoms with van der Waals surface area (Å²) in [5.74, 6) is -0.145. The minimum Gasteiger partial charge on any atom is -0.345 e. The number of amides is 1. The lowest BCUT2D eigenvalue weighted by Crippen LogP contribution is -2.44. The number of nitrogens with zero attached hydrogens (tertiary/aromatic N) is 1. The van der Waals surface area contributed by atoms with Crippen molar-refractivity contribution in [1.29, 1.82) is 0 Å². The molecule has 0 fully saturated rings. The third kappa shape index (κ3) is 4.46. The van der Waals surface area contributed by atoms with Crippen LogP contribution in [0.1, 0.15) is 37.9 Å². The maximum absolute atomic E-state index is 13.0.